The molecule has 0 aliphatic rings. The quantitative estimate of drug-likeness (QED) is 0.636. The first-order valence-corrected chi connectivity index (χ1v) is 11.1. The summed E-state index contributed by atoms with van der Waals surface area (Å²) in [6, 6.07) is 20.2. The lowest BCUT2D eigenvalue weighted by atomic mass is 10.1. The molecular weight excluding hydrogens is 388 g/mol. The van der Waals surface area contributed by atoms with E-state index in [-0.39, 0.29) is 5.91 Å². The average molecular weight is 413 g/mol. The number of sulfonamides is 1. The van der Waals surface area contributed by atoms with E-state index in [4.69, 9.17) is 4.74 Å². The van der Waals surface area contributed by atoms with E-state index in [1.165, 1.54) is 11.4 Å². The van der Waals surface area contributed by atoms with Gasteiger partial charge in [0.2, 0.25) is 10.0 Å². The Balaban J connectivity index is 1.73. The van der Waals surface area contributed by atoms with Crippen LogP contribution in [0, 0.1) is 0 Å². The van der Waals surface area contributed by atoms with Gasteiger partial charge in [-0.3, -0.25) is 9.10 Å². The fraction of sp³-hybridized carbons (Fsp3) is 0.227. The summed E-state index contributed by atoms with van der Waals surface area (Å²) in [6.45, 7) is 1.87. The maximum Gasteiger partial charge on any atom is 0.265 e. The molecule has 7 heteroatoms. The van der Waals surface area contributed by atoms with Crippen LogP contribution in [0.5, 0.6) is 5.75 Å². The molecule has 152 valence electrons. The van der Waals surface area contributed by atoms with E-state index in [0.717, 1.165) is 22.7 Å². The predicted molar refractivity (Wildman–Crippen MR) is 117 cm³/mol. The van der Waals surface area contributed by atoms with Gasteiger partial charge < -0.3 is 10.1 Å². The van der Waals surface area contributed by atoms with Crippen molar-refractivity contribution in [3.05, 3.63) is 66.7 Å². The molecule has 0 saturated heterocycles. The van der Waals surface area contributed by atoms with Gasteiger partial charge in [0, 0.05) is 18.1 Å². The lowest BCUT2D eigenvalue weighted by Gasteiger charge is -2.20. The van der Waals surface area contributed by atoms with Crippen molar-refractivity contribution in [2.75, 3.05) is 22.9 Å². The van der Waals surface area contributed by atoms with Crippen molar-refractivity contribution in [2.45, 2.75) is 19.4 Å². The molecule has 1 atom stereocenters. The fourth-order valence-electron chi connectivity index (χ4n) is 2.96. The summed E-state index contributed by atoms with van der Waals surface area (Å²) in [5.74, 6) is 0.261. The van der Waals surface area contributed by atoms with E-state index < -0.39 is 16.1 Å². The molecule has 0 saturated carbocycles. The number of nitrogens with one attached hydrogen (secondary N) is 1. The molecule has 0 aliphatic carbocycles. The van der Waals surface area contributed by atoms with Gasteiger partial charge in [-0.25, -0.2) is 8.42 Å². The van der Waals surface area contributed by atoms with Crippen LogP contribution in [0.15, 0.2) is 66.7 Å². The predicted octanol–water partition coefficient (Wildman–Crippen LogP) is 4.03. The monoisotopic (exact) mass is 412 g/mol. The molecule has 29 heavy (non-hydrogen) atoms. The van der Waals surface area contributed by atoms with Gasteiger partial charge in [0.25, 0.3) is 5.91 Å². The number of nitrogens with zero attached hydrogens (tertiary/aromatic N) is 1. The molecule has 6 nitrogen and oxygen atoms in total. The minimum atomic E-state index is -3.33. The van der Waals surface area contributed by atoms with E-state index in [0.29, 0.717) is 17.9 Å². The maximum absolute atomic E-state index is 12.8. The number of fused-ring (bicyclic) bond motifs is 1. The Morgan fingerprint density at radius 1 is 1.03 bits per heavy atom. The lowest BCUT2D eigenvalue weighted by molar-refractivity contribution is -0.122. The van der Waals surface area contributed by atoms with E-state index in [9.17, 15) is 13.2 Å². The van der Waals surface area contributed by atoms with Crippen LogP contribution in [-0.2, 0) is 14.8 Å². The number of hydrogen-bond donors (Lipinski definition) is 1. The Bertz CT molecular complexity index is 1110. The number of amides is 1. The van der Waals surface area contributed by atoms with E-state index >= 15 is 0 Å². The zero-order chi connectivity index (χ0) is 21.0. The molecule has 0 aliphatic heterocycles. The van der Waals surface area contributed by atoms with Gasteiger partial charge in [-0.2, -0.15) is 0 Å². The smallest absolute Gasteiger partial charge is 0.265 e. The summed E-state index contributed by atoms with van der Waals surface area (Å²) >= 11 is 0. The topological polar surface area (TPSA) is 75.7 Å². The third-order valence-corrected chi connectivity index (χ3v) is 5.89. The van der Waals surface area contributed by atoms with Crippen molar-refractivity contribution < 1.29 is 17.9 Å². The molecule has 0 spiro atoms. The Morgan fingerprint density at radius 3 is 2.34 bits per heavy atom. The molecule has 1 unspecified atom stereocenters. The van der Waals surface area contributed by atoms with Crippen molar-refractivity contribution >= 4 is 38.1 Å². The van der Waals surface area contributed by atoms with Crippen LogP contribution in [0.4, 0.5) is 11.4 Å². The Morgan fingerprint density at radius 2 is 1.69 bits per heavy atom. The summed E-state index contributed by atoms with van der Waals surface area (Å²) in [4.78, 5) is 12.8. The normalized spacial score (nSPS) is 12.4. The van der Waals surface area contributed by atoms with Gasteiger partial charge in [-0.15, -0.1) is 0 Å². The van der Waals surface area contributed by atoms with Crippen LogP contribution in [-0.4, -0.2) is 33.7 Å². The molecular formula is C22H24N2O4S. The summed E-state index contributed by atoms with van der Waals surface area (Å²) < 4.78 is 30.3. The molecule has 3 aromatic carbocycles. The number of rotatable bonds is 7. The number of benzene rings is 3. The SMILES string of the molecule is CCC(Oc1ccc(N(C)S(C)(=O)=O)cc1)C(=O)Nc1cccc2ccccc12. The van der Waals surface area contributed by atoms with Crippen LogP contribution in [0.2, 0.25) is 0 Å². The summed E-state index contributed by atoms with van der Waals surface area (Å²) in [6.07, 6.45) is 0.955. The summed E-state index contributed by atoms with van der Waals surface area (Å²) in [5, 5.41) is 4.96. The number of anilines is 2. The maximum atomic E-state index is 12.8. The molecule has 3 rings (SSSR count). The van der Waals surface area contributed by atoms with Crippen molar-refractivity contribution in [1.82, 2.24) is 0 Å². The minimum Gasteiger partial charge on any atom is -0.481 e. The third-order valence-electron chi connectivity index (χ3n) is 4.69. The first kappa shape index (κ1) is 20.7. The average Bonchev–Trinajstić information content (AvgIpc) is 2.71. The molecule has 0 aromatic heterocycles. The number of carbonyl (C=O) groups is 1. The van der Waals surface area contributed by atoms with Gasteiger partial charge in [-0.05, 0) is 42.1 Å². The number of ether oxygens (including phenoxy) is 1. The molecule has 0 heterocycles. The zero-order valence-electron chi connectivity index (χ0n) is 16.6. The third kappa shape index (κ3) is 4.86. The van der Waals surface area contributed by atoms with Crippen molar-refractivity contribution in [1.29, 1.82) is 0 Å². The molecule has 0 fully saturated rings. The summed E-state index contributed by atoms with van der Waals surface area (Å²) in [7, 11) is -1.85. The fourth-order valence-corrected chi connectivity index (χ4v) is 3.46. The van der Waals surface area contributed by atoms with E-state index in [1.54, 1.807) is 24.3 Å². The molecule has 1 amide bonds. The second-order valence-corrected chi connectivity index (χ2v) is 8.77. The highest BCUT2D eigenvalue weighted by atomic mass is 32.2. The second-order valence-electron chi connectivity index (χ2n) is 6.76. The summed E-state index contributed by atoms with van der Waals surface area (Å²) in [5.41, 5.74) is 1.26. The Labute approximate surface area is 171 Å². The Kier molecular flexibility index (Phi) is 6.08. The highest BCUT2D eigenvalue weighted by Crippen LogP contribution is 2.25. The van der Waals surface area contributed by atoms with Gasteiger partial charge >= 0.3 is 0 Å². The minimum absolute atomic E-state index is 0.235. The van der Waals surface area contributed by atoms with Gasteiger partial charge in [0.15, 0.2) is 6.10 Å². The Hall–Kier alpha value is -3.06. The largest absolute Gasteiger partial charge is 0.481 e. The molecule has 0 radical (unpaired) electrons. The number of carbonyl (C=O) groups excluding carboxylic acids is 1. The number of hydrogen-bond acceptors (Lipinski definition) is 4. The molecule has 0 bridgehead atoms. The lowest BCUT2D eigenvalue weighted by Crippen LogP contribution is -2.32. The first-order valence-electron chi connectivity index (χ1n) is 9.29. The van der Waals surface area contributed by atoms with E-state index in [1.807, 2.05) is 49.4 Å². The molecule has 3 aromatic rings. The van der Waals surface area contributed by atoms with Gasteiger partial charge in [0.1, 0.15) is 5.75 Å². The second kappa shape index (κ2) is 8.53. The van der Waals surface area contributed by atoms with Crippen LogP contribution in [0.3, 0.4) is 0 Å². The van der Waals surface area contributed by atoms with Crippen LogP contribution >= 0.6 is 0 Å². The van der Waals surface area contributed by atoms with Gasteiger partial charge in [0.05, 0.1) is 11.9 Å². The van der Waals surface area contributed by atoms with Gasteiger partial charge in [-0.1, -0.05) is 43.3 Å². The van der Waals surface area contributed by atoms with Crippen LogP contribution in [0.25, 0.3) is 10.8 Å². The van der Waals surface area contributed by atoms with Crippen molar-refractivity contribution in [3.8, 4) is 5.75 Å². The van der Waals surface area contributed by atoms with Crippen LogP contribution < -0.4 is 14.4 Å². The van der Waals surface area contributed by atoms with Crippen LogP contribution in [0.1, 0.15) is 13.3 Å². The van der Waals surface area contributed by atoms with Crippen molar-refractivity contribution in [2.24, 2.45) is 0 Å². The highest BCUT2D eigenvalue weighted by Gasteiger charge is 2.20. The first-order chi connectivity index (χ1) is 13.8. The van der Waals surface area contributed by atoms with Crippen molar-refractivity contribution in [3.63, 3.8) is 0 Å². The zero-order valence-corrected chi connectivity index (χ0v) is 17.4. The standard InChI is InChI=1S/C22H24N2O4S/c1-4-21(28-18-14-12-17(13-15-18)24(2)29(3,26)27)22(25)23-20-11-7-9-16-8-5-6-10-19(16)20/h5-15,21H,4H2,1-3H3,(H,23,25). The van der Waals surface area contributed by atoms with E-state index in [2.05, 4.69) is 5.32 Å². The highest BCUT2D eigenvalue weighted by molar-refractivity contribution is 7.92. The molecule has 1 N–H and O–H groups in total.